The fourth-order valence-corrected chi connectivity index (χ4v) is 5.24. The average Bonchev–Trinajstić information content (AvgIpc) is 2.94. The van der Waals surface area contributed by atoms with Gasteiger partial charge in [-0.1, -0.05) is 103 Å². The van der Waals surface area contributed by atoms with E-state index in [9.17, 15) is 4.79 Å². The zero-order chi connectivity index (χ0) is 24.7. The maximum Gasteiger partial charge on any atom is 0.241 e. The standard InChI is InChI=1S/C32H25ClNOS.BrH/c33-29-18-16-24(17-19-29)22-34-30(26-12-6-2-7-13-26)20-28(25-10-4-1-5-11-25)21-32(34)36-23-31(35)27-14-8-3-9-15-27;/h1-21H,22-23H2;1H/q+1;/p-1. The summed E-state index contributed by atoms with van der Waals surface area (Å²) in [4.78, 5) is 13.0. The third-order valence-electron chi connectivity index (χ3n) is 6.01. The molecule has 1 aromatic heterocycles. The molecule has 37 heavy (non-hydrogen) atoms. The first kappa shape index (κ1) is 26.9. The van der Waals surface area contributed by atoms with Gasteiger partial charge >= 0.3 is 0 Å². The Bertz CT molecular complexity index is 1460. The van der Waals surface area contributed by atoms with Gasteiger partial charge in [0.2, 0.25) is 10.7 Å². The van der Waals surface area contributed by atoms with Crippen molar-refractivity contribution >= 4 is 29.1 Å². The van der Waals surface area contributed by atoms with Crippen LogP contribution in [0.5, 0.6) is 0 Å². The lowest BCUT2D eigenvalue weighted by molar-refractivity contribution is -0.714. The largest absolute Gasteiger partial charge is 1.00 e. The third kappa shape index (κ3) is 6.78. The Hall–Kier alpha value is -3.18. The number of rotatable bonds is 8. The molecule has 0 unspecified atom stereocenters. The molecule has 0 saturated carbocycles. The number of nitrogens with zero attached hydrogens (tertiary/aromatic N) is 1. The van der Waals surface area contributed by atoms with Crippen molar-refractivity contribution in [2.24, 2.45) is 0 Å². The van der Waals surface area contributed by atoms with E-state index in [4.69, 9.17) is 11.6 Å². The molecule has 4 aromatic carbocycles. The van der Waals surface area contributed by atoms with Crippen LogP contribution in [0.25, 0.3) is 22.4 Å². The van der Waals surface area contributed by atoms with Crippen molar-refractivity contribution in [2.75, 3.05) is 5.75 Å². The molecule has 0 aliphatic heterocycles. The molecule has 2 nitrogen and oxygen atoms in total. The van der Waals surface area contributed by atoms with Crippen LogP contribution in [-0.2, 0) is 6.54 Å². The number of ketones is 1. The van der Waals surface area contributed by atoms with Crippen molar-refractivity contribution < 1.29 is 26.3 Å². The molecule has 0 bridgehead atoms. The maximum atomic E-state index is 13.0. The van der Waals surface area contributed by atoms with Crippen molar-refractivity contribution in [2.45, 2.75) is 11.6 Å². The molecule has 184 valence electrons. The predicted octanol–water partition coefficient (Wildman–Crippen LogP) is 4.99. The zero-order valence-corrected chi connectivity index (χ0v) is 23.2. The molecular formula is C32H25BrClNOS. The number of benzene rings is 4. The first-order valence-electron chi connectivity index (χ1n) is 11.8. The van der Waals surface area contributed by atoms with Gasteiger partial charge in [0.05, 0.1) is 5.75 Å². The average molecular weight is 587 g/mol. The van der Waals surface area contributed by atoms with Gasteiger partial charge in [0.15, 0.2) is 12.3 Å². The van der Waals surface area contributed by atoms with E-state index in [1.807, 2.05) is 54.6 Å². The van der Waals surface area contributed by atoms with Crippen molar-refractivity contribution in [1.29, 1.82) is 0 Å². The summed E-state index contributed by atoms with van der Waals surface area (Å²) in [7, 11) is 0. The van der Waals surface area contributed by atoms with Crippen LogP contribution >= 0.6 is 23.4 Å². The zero-order valence-electron chi connectivity index (χ0n) is 20.1. The lowest BCUT2D eigenvalue weighted by atomic mass is 10.0. The van der Waals surface area contributed by atoms with Gasteiger partial charge in [-0.3, -0.25) is 4.79 Å². The van der Waals surface area contributed by atoms with Crippen LogP contribution in [0, 0.1) is 0 Å². The molecule has 0 aliphatic carbocycles. The van der Waals surface area contributed by atoms with E-state index in [-0.39, 0.29) is 22.8 Å². The Balaban J connectivity index is 0.00000320. The van der Waals surface area contributed by atoms with Crippen molar-refractivity contribution in [3.63, 3.8) is 0 Å². The number of halogens is 2. The van der Waals surface area contributed by atoms with Gasteiger partial charge < -0.3 is 17.0 Å². The van der Waals surface area contributed by atoms with Gasteiger partial charge in [0.1, 0.15) is 0 Å². The van der Waals surface area contributed by atoms with E-state index in [2.05, 4.69) is 77.4 Å². The Kier molecular flexibility index (Phi) is 9.34. The van der Waals surface area contributed by atoms with E-state index in [0.29, 0.717) is 12.3 Å². The maximum absolute atomic E-state index is 13.0. The van der Waals surface area contributed by atoms with Crippen molar-refractivity contribution in [3.05, 3.63) is 144 Å². The van der Waals surface area contributed by atoms with Gasteiger partial charge in [-0.05, 0) is 47.2 Å². The molecule has 0 N–H and O–H groups in total. The minimum atomic E-state index is 0. The molecule has 0 amide bonds. The molecule has 0 saturated heterocycles. The number of carbonyl (C=O) groups excluding carboxylic acids is 1. The summed E-state index contributed by atoms with van der Waals surface area (Å²) >= 11 is 7.73. The van der Waals surface area contributed by atoms with E-state index in [0.717, 1.165) is 43.6 Å². The van der Waals surface area contributed by atoms with Crippen molar-refractivity contribution in [3.8, 4) is 22.4 Å². The van der Waals surface area contributed by atoms with E-state index in [1.54, 1.807) is 11.8 Å². The molecule has 5 heteroatoms. The number of carbonyl (C=O) groups is 1. The third-order valence-corrected chi connectivity index (χ3v) is 7.30. The lowest BCUT2D eigenvalue weighted by Gasteiger charge is -2.12. The summed E-state index contributed by atoms with van der Waals surface area (Å²) in [5, 5.41) is 1.75. The molecule has 0 spiro atoms. The fraction of sp³-hybridized carbons (Fsp3) is 0.0625. The summed E-state index contributed by atoms with van der Waals surface area (Å²) in [6.07, 6.45) is 0. The summed E-state index contributed by atoms with van der Waals surface area (Å²) in [6.45, 7) is 0.665. The van der Waals surface area contributed by atoms with Gasteiger partial charge in [-0.15, -0.1) is 0 Å². The number of aromatic nitrogens is 1. The molecule has 5 aromatic rings. The number of Topliss-reactive ketones (excluding diaryl/α,β-unsaturated/α-hetero) is 1. The van der Waals surface area contributed by atoms with Crippen LogP contribution in [-0.4, -0.2) is 11.5 Å². The Morgan fingerprint density at radius 1 is 0.676 bits per heavy atom. The topological polar surface area (TPSA) is 20.9 Å². The predicted molar refractivity (Wildman–Crippen MR) is 150 cm³/mol. The van der Waals surface area contributed by atoms with Gasteiger partial charge in [0, 0.05) is 33.8 Å². The fourth-order valence-electron chi connectivity index (χ4n) is 4.14. The quantitative estimate of drug-likeness (QED) is 0.145. The summed E-state index contributed by atoms with van der Waals surface area (Å²) < 4.78 is 2.30. The van der Waals surface area contributed by atoms with Gasteiger partial charge in [-0.25, -0.2) is 0 Å². The first-order chi connectivity index (χ1) is 17.7. The van der Waals surface area contributed by atoms with Crippen LogP contribution in [0.15, 0.2) is 132 Å². The Labute approximate surface area is 237 Å². The van der Waals surface area contributed by atoms with Gasteiger partial charge in [-0.2, -0.15) is 4.57 Å². The smallest absolute Gasteiger partial charge is 0.241 e. The molecule has 0 aliphatic rings. The number of pyridine rings is 1. The van der Waals surface area contributed by atoms with Gasteiger partial charge in [0.25, 0.3) is 0 Å². The lowest BCUT2D eigenvalue weighted by Crippen LogP contribution is -3.00. The summed E-state index contributed by atoms with van der Waals surface area (Å²) in [6, 6.07) is 42.7. The SMILES string of the molecule is O=C(CSc1cc(-c2ccccc2)cc(-c2ccccc2)[n+]1Cc1ccc(Cl)cc1)c1ccccc1.[Br-]. The molecule has 0 atom stereocenters. The summed E-state index contributed by atoms with van der Waals surface area (Å²) in [5.74, 6) is 0.474. The second kappa shape index (κ2) is 12.9. The van der Waals surface area contributed by atoms with Crippen LogP contribution < -0.4 is 21.5 Å². The summed E-state index contributed by atoms with van der Waals surface area (Å²) in [5.41, 5.74) is 6.37. The number of hydrogen-bond acceptors (Lipinski definition) is 2. The second-order valence-electron chi connectivity index (χ2n) is 8.49. The first-order valence-corrected chi connectivity index (χ1v) is 13.2. The highest BCUT2D eigenvalue weighted by molar-refractivity contribution is 7.99. The highest BCUT2D eigenvalue weighted by Crippen LogP contribution is 2.29. The minimum Gasteiger partial charge on any atom is -1.00 e. The van der Waals surface area contributed by atoms with Crippen molar-refractivity contribution in [1.82, 2.24) is 0 Å². The Morgan fingerprint density at radius 2 is 1.24 bits per heavy atom. The van der Waals surface area contributed by atoms with Crippen LogP contribution in [0.4, 0.5) is 0 Å². The molecule has 5 rings (SSSR count). The van der Waals surface area contributed by atoms with E-state index >= 15 is 0 Å². The number of thioether (sulfide) groups is 1. The molecule has 1 heterocycles. The Morgan fingerprint density at radius 3 is 1.86 bits per heavy atom. The highest BCUT2D eigenvalue weighted by atomic mass is 79.9. The molecular weight excluding hydrogens is 562 g/mol. The number of hydrogen-bond donors (Lipinski definition) is 0. The minimum absolute atomic E-state index is 0. The van der Waals surface area contributed by atoms with Crippen LogP contribution in [0.3, 0.4) is 0 Å². The van der Waals surface area contributed by atoms with Crippen LogP contribution in [0.2, 0.25) is 5.02 Å². The normalized spacial score (nSPS) is 10.5. The van der Waals surface area contributed by atoms with E-state index < -0.39 is 0 Å². The van der Waals surface area contributed by atoms with Crippen LogP contribution in [0.1, 0.15) is 15.9 Å². The highest BCUT2D eigenvalue weighted by Gasteiger charge is 2.23. The molecule has 0 radical (unpaired) electrons. The molecule has 0 fully saturated rings. The monoisotopic (exact) mass is 585 g/mol. The second-order valence-corrected chi connectivity index (χ2v) is 9.92. The van der Waals surface area contributed by atoms with E-state index in [1.165, 1.54) is 0 Å².